The summed E-state index contributed by atoms with van der Waals surface area (Å²) in [6.07, 6.45) is 0.469. The lowest BCUT2D eigenvalue weighted by molar-refractivity contribution is -0.140. The molecule has 68 valence electrons. The highest BCUT2D eigenvalue weighted by atomic mass is 36.0. The largest absolute Gasteiger partial charge is 0.469 e. The topological polar surface area (TPSA) is 60.4 Å². The molecule has 0 aromatic heterocycles. The van der Waals surface area contributed by atoms with Crippen LogP contribution in [0.1, 0.15) is 13.3 Å². The number of hydrogen-bond acceptors (Lipinski definition) is 4. The van der Waals surface area contributed by atoms with Crippen molar-refractivity contribution in [2.24, 2.45) is 0 Å². The van der Waals surface area contributed by atoms with Gasteiger partial charge in [-0.2, -0.15) is 8.42 Å². The first-order chi connectivity index (χ1) is 4.81. The zero-order valence-corrected chi connectivity index (χ0v) is 8.33. The Bertz CT molecular complexity index is 184. The van der Waals surface area contributed by atoms with E-state index in [1.807, 2.05) is 0 Å². The second kappa shape index (κ2) is 6.69. The first kappa shape index (κ1) is 13.6. The lowest BCUT2D eigenvalue weighted by atomic mass is 10.5. The Morgan fingerprint density at radius 1 is 1.45 bits per heavy atom. The monoisotopic (exact) mass is 222 g/mol. The van der Waals surface area contributed by atoms with Crippen LogP contribution in [-0.2, 0) is 17.8 Å². The van der Waals surface area contributed by atoms with Crippen LogP contribution in [-0.4, -0.2) is 21.5 Å². The minimum atomic E-state index is -3.72. The summed E-state index contributed by atoms with van der Waals surface area (Å²) in [7, 11) is 6.19. The molecule has 0 amide bonds. The smallest absolute Gasteiger partial charge is 0.317 e. The van der Waals surface area contributed by atoms with E-state index in [2.05, 4.69) is 26.1 Å². The second-order valence-electron chi connectivity index (χ2n) is 1.31. The molecule has 0 spiro atoms. The maximum atomic E-state index is 9.96. The van der Waals surface area contributed by atoms with Crippen molar-refractivity contribution in [3.63, 3.8) is 0 Å². The van der Waals surface area contributed by atoms with Crippen molar-refractivity contribution >= 4 is 35.6 Å². The van der Waals surface area contributed by atoms with Crippen LogP contribution in [0.5, 0.6) is 0 Å². The number of esters is 1. The van der Waals surface area contributed by atoms with Crippen LogP contribution in [0.3, 0.4) is 0 Å². The molecule has 0 radical (unpaired) electrons. The van der Waals surface area contributed by atoms with E-state index in [0.29, 0.717) is 6.42 Å². The maximum absolute atomic E-state index is 9.96. The van der Waals surface area contributed by atoms with E-state index >= 15 is 0 Å². The van der Waals surface area contributed by atoms with E-state index < -0.39 is 8.26 Å². The fourth-order valence-electron chi connectivity index (χ4n) is 0.144. The fraction of sp³-hybridized carbons (Fsp3) is 0.750. The van der Waals surface area contributed by atoms with Crippen LogP contribution in [0.15, 0.2) is 0 Å². The number of ether oxygens (including phenoxy) is 1. The van der Waals surface area contributed by atoms with Crippen LogP contribution >= 0.6 is 21.4 Å². The fourth-order valence-corrected chi connectivity index (χ4v) is 0.144. The highest BCUT2D eigenvalue weighted by molar-refractivity contribution is 8.31. The highest BCUT2D eigenvalue weighted by Crippen LogP contribution is 1.98. The van der Waals surface area contributed by atoms with Crippen LogP contribution in [0.2, 0.25) is 0 Å². The molecule has 7 heteroatoms. The third-order valence-electron chi connectivity index (χ3n) is 0.516. The third kappa shape index (κ3) is 40.0. The van der Waals surface area contributed by atoms with Gasteiger partial charge in [0.25, 0.3) is 0 Å². The second-order valence-corrected chi connectivity index (χ2v) is 4.98. The SMILES string of the molecule is CCC(=O)OC.O=S(=O)(Cl)Cl. The molecule has 0 aliphatic carbocycles. The molecule has 0 aromatic rings. The molecular formula is C4H8Cl2O4S. The zero-order chi connectivity index (χ0) is 9.49. The Hall–Kier alpha value is -0.000000000000000111. The van der Waals surface area contributed by atoms with Gasteiger partial charge in [-0.1, -0.05) is 6.92 Å². The van der Waals surface area contributed by atoms with Gasteiger partial charge >= 0.3 is 14.2 Å². The summed E-state index contributed by atoms with van der Waals surface area (Å²) in [5, 5.41) is 0. The molecule has 4 nitrogen and oxygen atoms in total. The van der Waals surface area contributed by atoms with Gasteiger partial charge in [-0.05, 0) is 0 Å². The quantitative estimate of drug-likeness (QED) is 0.496. The van der Waals surface area contributed by atoms with Gasteiger partial charge in [-0.15, -0.1) is 0 Å². The average Bonchev–Trinajstić information content (AvgIpc) is 1.83. The number of carbonyl (C=O) groups excluding carboxylic acids is 1. The summed E-state index contributed by atoms with van der Waals surface area (Å²) in [6, 6.07) is 0. The number of rotatable bonds is 1. The van der Waals surface area contributed by atoms with Gasteiger partial charge in [-0.25, -0.2) is 0 Å². The molecule has 0 atom stereocenters. The van der Waals surface area contributed by atoms with Crippen molar-refractivity contribution in [2.45, 2.75) is 13.3 Å². The van der Waals surface area contributed by atoms with Gasteiger partial charge in [0.2, 0.25) is 0 Å². The number of hydrogen-bond donors (Lipinski definition) is 0. The van der Waals surface area contributed by atoms with Crippen molar-refractivity contribution < 1.29 is 17.9 Å². The van der Waals surface area contributed by atoms with E-state index in [-0.39, 0.29) is 5.97 Å². The molecule has 0 unspecified atom stereocenters. The summed E-state index contributed by atoms with van der Waals surface area (Å²) in [6.45, 7) is 1.76. The summed E-state index contributed by atoms with van der Waals surface area (Å²) >= 11 is 0. The lowest BCUT2D eigenvalue weighted by Crippen LogP contribution is -1.94. The molecule has 11 heavy (non-hydrogen) atoms. The Morgan fingerprint density at radius 2 is 1.73 bits per heavy atom. The number of carbonyl (C=O) groups is 1. The van der Waals surface area contributed by atoms with Crippen molar-refractivity contribution in [3.8, 4) is 0 Å². The summed E-state index contributed by atoms with van der Waals surface area (Å²) < 4.78 is 22.6. The molecule has 0 saturated heterocycles. The molecule has 0 heterocycles. The molecule has 0 bridgehead atoms. The van der Waals surface area contributed by atoms with E-state index in [1.165, 1.54) is 7.11 Å². The van der Waals surface area contributed by atoms with Crippen LogP contribution in [0.25, 0.3) is 0 Å². The lowest BCUT2D eigenvalue weighted by Gasteiger charge is -1.87. The molecule has 0 aliphatic heterocycles. The van der Waals surface area contributed by atoms with Gasteiger partial charge in [0.15, 0.2) is 0 Å². The van der Waals surface area contributed by atoms with Gasteiger partial charge < -0.3 is 4.74 Å². The van der Waals surface area contributed by atoms with Gasteiger partial charge in [0, 0.05) is 27.8 Å². The van der Waals surface area contributed by atoms with Gasteiger partial charge in [-0.3, -0.25) is 4.79 Å². The standard InChI is InChI=1S/C4H8O2.Cl2O2S/c1-3-4(5)6-2;1-5(2,3)4/h3H2,1-2H3;. The van der Waals surface area contributed by atoms with E-state index in [4.69, 9.17) is 8.42 Å². The molecule has 0 aliphatic rings. The first-order valence-corrected chi connectivity index (χ1v) is 5.65. The summed E-state index contributed by atoms with van der Waals surface area (Å²) in [4.78, 5) is 9.96. The van der Waals surface area contributed by atoms with Gasteiger partial charge in [0.1, 0.15) is 0 Å². The Labute approximate surface area is 74.4 Å². The van der Waals surface area contributed by atoms with Crippen LogP contribution in [0, 0.1) is 0 Å². The van der Waals surface area contributed by atoms with Crippen molar-refractivity contribution in [1.82, 2.24) is 0 Å². The summed E-state index contributed by atoms with van der Waals surface area (Å²) in [5.41, 5.74) is 0. The third-order valence-corrected chi connectivity index (χ3v) is 0.516. The maximum Gasteiger partial charge on any atom is 0.317 e. The minimum absolute atomic E-state index is 0.157. The van der Waals surface area contributed by atoms with Crippen molar-refractivity contribution in [3.05, 3.63) is 0 Å². The van der Waals surface area contributed by atoms with E-state index in [0.717, 1.165) is 0 Å². The molecular weight excluding hydrogens is 215 g/mol. The first-order valence-electron chi connectivity index (χ1n) is 2.52. The van der Waals surface area contributed by atoms with E-state index in [1.54, 1.807) is 6.92 Å². The number of halogens is 2. The highest BCUT2D eigenvalue weighted by Gasteiger charge is 1.88. The normalized spacial score (nSPS) is 9.45. The summed E-state index contributed by atoms with van der Waals surface area (Å²) in [5.74, 6) is -0.157. The Kier molecular flexibility index (Phi) is 8.26. The molecule has 0 aromatic carbocycles. The van der Waals surface area contributed by atoms with Crippen LogP contribution in [0.4, 0.5) is 0 Å². The molecule has 0 fully saturated rings. The predicted molar refractivity (Wildman–Crippen MR) is 42.9 cm³/mol. The van der Waals surface area contributed by atoms with Crippen molar-refractivity contribution in [1.29, 1.82) is 0 Å². The van der Waals surface area contributed by atoms with Crippen LogP contribution < -0.4 is 0 Å². The van der Waals surface area contributed by atoms with Crippen molar-refractivity contribution in [2.75, 3.05) is 7.11 Å². The zero-order valence-electron chi connectivity index (χ0n) is 6.00. The molecule has 0 N–H and O–H groups in total. The number of methoxy groups -OCH3 is 1. The van der Waals surface area contributed by atoms with E-state index in [9.17, 15) is 4.79 Å². The Balaban J connectivity index is 0. The van der Waals surface area contributed by atoms with Gasteiger partial charge in [0.05, 0.1) is 7.11 Å². The minimum Gasteiger partial charge on any atom is -0.469 e. The molecule has 0 rings (SSSR count). The molecule has 0 saturated carbocycles. The average molecular weight is 223 g/mol. The predicted octanol–water partition coefficient (Wildman–Crippen LogP) is 1.28. The Morgan fingerprint density at radius 3 is 1.73 bits per heavy atom.